The van der Waals surface area contributed by atoms with E-state index in [0.29, 0.717) is 6.04 Å². The normalized spacial score (nSPS) is 11.3. The molecule has 1 N–H and O–H groups in total. The number of nitrogens with one attached hydrogen (secondary N) is 1. The molecule has 4 nitrogen and oxygen atoms in total. The van der Waals surface area contributed by atoms with Gasteiger partial charge in [-0.3, -0.25) is 0 Å². The van der Waals surface area contributed by atoms with Crippen LogP contribution in [0.5, 0.6) is 0 Å². The molecule has 20 heavy (non-hydrogen) atoms. The van der Waals surface area contributed by atoms with E-state index in [-0.39, 0.29) is 0 Å². The van der Waals surface area contributed by atoms with Crippen LogP contribution in [-0.2, 0) is 13.1 Å². The molecule has 0 amide bonds. The Bertz CT molecular complexity index is 559. The number of aromatic nitrogens is 2. The van der Waals surface area contributed by atoms with Crippen molar-refractivity contribution in [2.24, 2.45) is 0 Å². The molecule has 2 aromatic rings. The van der Waals surface area contributed by atoms with E-state index in [2.05, 4.69) is 54.9 Å². The Hall–Kier alpha value is -0.980. The summed E-state index contributed by atoms with van der Waals surface area (Å²) in [6.07, 6.45) is 0. The molecule has 0 aliphatic carbocycles. The Kier molecular flexibility index (Phi) is 5.12. The lowest BCUT2D eigenvalue weighted by molar-refractivity contribution is 0.591. The predicted molar refractivity (Wildman–Crippen MR) is 87.8 cm³/mol. The summed E-state index contributed by atoms with van der Waals surface area (Å²) >= 11 is 3.48. The fourth-order valence-corrected chi connectivity index (χ4v) is 3.60. The first-order chi connectivity index (χ1) is 9.47. The molecule has 0 radical (unpaired) electrons. The van der Waals surface area contributed by atoms with Gasteiger partial charge in [-0.1, -0.05) is 13.8 Å². The molecule has 2 heterocycles. The van der Waals surface area contributed by atoms with Gasteiger partial charge in [-0.25, -0.2) is 9.97 Å². The lowest BCUT2D eigenvalue weighted by Crippen LogP contribution is -2.21. The first-order valence-electron chi connectivity index (χ1n) is 6.77. The van der Waals surface area contributed by atoms with Crippen molar-refractivity contribution in [2.45, 2.75) is 46.8 Å². The molecule has 0 aliphatic rings. The standard InChI is InChI=1S/C14H22N4S2/c1-9(2)15-6-12-11(4)17-14(20-12)18(5)7-13-10(3)16-8-19-13/h8-9,15H,6-7H2,1-5H3. The Morgan fingerprint density at radius 1 is 1.25 bits per heavy atom. The van der Waals surface area contributed by atoms with Crippen molar-refractivity contribution in [3.8, 4) is 0 Å². The van der Waals surface area contributed by atoms with Crippen molar-refractivity contribution >= 4 is 27.8 Å². The molecule has 2 aromatic heterocycles. The van der Waals surface area contributed by atoms with Gasteiger partial charge in [0.15, 0.2) is 5.13 Å². The zero-order chi connectivity index (χ0) is 14.7. The second kappa shape index (κ2) is 6.65. The van der Waals surface area contributed by atoms with E-state index in [1.807, 2.05) is 5.51 Å². The Morgan fingerprint density at radius 2 is 2.00 bits per heavy atom. The van der Waals surface area contributed by atoms with Gasteiger partial charge < -0.3 is 10.2 Å². The maximum absolute atomic E-state index is 4.69. The molecule has 0 atom stereocenters. The van der Waals surface area contributed by atoms with Crippen LogP contribution >= 0.6 is 22.7 Å². The maximum atomic E-state index is 4.69. The first-order valence-corrected chi connectivity index (χ1v) is 8.46. The lowest BCUT2D eigenvalue weighted by Gasteiger charge is -2.14. The van der Waals surface area contributed by atoms with Crippen molar-refractivity contribution in [1.29, 1.82) is 0 Å². The maximum Gasteiger partial charge on any atom is 0.185 e. The van der Waals surface area contributed by atoms with Crippen LogP contribution in [0, 0.1) is 13.8 Å². The minimum Gasteiger partial charge on any atom is -0.346 e. The highest BCUT2D eigenvalue weighted by atomic mass is 32.1. The molecule has 0 fully saturated rings. The highest BCUT2D eigenvalue weighted by Crippen LogP contribution is 2.27. The Labute approximate surface area is 128 Å². The molecule has 0 aromatic carbocycles. The number of hydrogen-bond donors (Lipinski definition) is 1. The average molecular weight is 310 g/mol. The lowest BCUT2D eigenvalue weighted by atomic mass is 10.3. The number of nitrogens with zero attached hydrogens (tertiary/aromatic N) is 3. The van der Waals surface area contributed by atoms with Crippen LogP contribution in [0.4, 0.5) is 5.13 Å². The number of hydrogen-bond acceptors (Lipinski definition) is 6. The summed E-state index contributed by atoms with van der Waals surface area (Å²) in [4.78, 5) is 13.8. The fourth-order valence-electron chi connectivity index (χ4n) is 1.80. The second-order valence-electron chi connectivity index (χ2n) is 5.26. The number of aryl methyl sites for hydroxylation is 2. The predicted octanol–water partition coefficient (Wildman–Crippen LogP) is 3.35. The van der Waals surface area contributed by atoms with Crippen LogP contribution in [0.15, 0.2) is 5.51 Å². The second-order valence-corrected chi connectivity index (χ2v) is 7.26. The van der Waals surface area contributed by atoms with E-state index >= 15 is 0 Å². The summed E-state index contributed by atoms with van der Waals surface area (Å²) in [6.45, 7) is 10.2. The van der Waals surface area contributed by atoms with Gasteiger partial charge in [0.05, 0.1) is 23.4 Å². The van der Waals surface area contributed by atoms with Crippen LogP contribution in [0.25, 0.3) is 0 Å². The molecule has 0 bridgehead atoms. The van der Waals surface area contributed by atoms with Crippen LogP contribution in [-0.4, -0.2) is 23.1 Å². The first kappa shape index (κ1) is 15.4. The molecule has 6 heteroatoms. The van der Waals surface area contributed by atoms with Gasteiger partial charge in [0, 0.05) is 29.4 Å². The van der Waals surface area contributed by atoms with Crippen molar-refractivity contribution in [1.82, 2.24) is 15.3 Å². The van der Waals surface area contributed by atoms with E-state index in [1.165, 1.54) is 9.75 Å². The SMILES string of the molecule is Cc1ncsc1CN(C)c1nc(C)c(CNC(C)C)s1. The topological polar surface area (TPSA) is 41.1 Å². The van der Waals surface area contributed by atoms with Gasteiger partial charge in [-0.15, -0.1) is 22.7 Å². The minimum absolute atomic E-state index is 0.498. The highest BCUT2D eigenvalue weighted by Gasteiger charge is 2.13. The summed E-state index contributed by atoms with van der Waals surface area (Å²) in [7, 11) is 2.09. The van der Waals surface area contributed by atoms with Crippen molar-refractivity contribution < 1.29 is 0 Å². The average Bonchev–Trinajstić information content (AvgIpc) is 2.94. The zero-order valence-corrected chi connectivity index (χ0v) is 14.4. The third kappa shape index (κ3) is 3.77. The van der Waals surface area contributed by atoms with Gasteiger partial charge in [0.2, 0.25) is 0 Å². The zero-order valence-electron chi connectivity index (χ0n) is 12.7. The van der Waals surface area contributed by atoms with E-state index in [4.69, 9.17) is 0 Å². The molecular formula is C14H22N4S2. The minimum atomic E-state index is 0.498. The largest absolute Gasteiger partial charge is 0.346 e. The molecule has 0 saturated heterocycles. The molecule has 110 valence electrons. The summed E-state index contributed by atoms with van der Waals surface area (Å²) < 4.78 is 0. The summed E-state index contributed by atoms with van der Waals surface area (Å²) in [5, 5.41) is 4.53. The summed E-state index contributed by atoms with van der Waals surface area (Å²) in [5.41, 5.74) is 4.16. The molecule has 0 unspecified atom stereocenters. The molecule has 0 spiro atoms. The molecule has 2 rings (SSSR count). The van der Waals surface area contributed by atoms with Gasteiger partial charge >= 0.3 is 0 Å². The number of anilines is 1. The highest BCUT2D eigenvalue weighted by molar-refractivity contribution is 7.15. The van der Waals surface area contributed by atoms with Crippen LogP contribution in [0.2, 0.25) is 0 Å². The van der Waals surface area contributed by atoms with Gasteiger partial charge in [-0.2, -0.15) is 0 Å². The number of thiazole rings is 2. The smallest absolute Gasteiger partial charge is 0.185 e. The van der Waals surface area contributed by atoms with Crippen molar-refractivity contribution in [2.75, 3.05) is 11.9 Å². The van der Waals surface area contributed by atoms with E-state index < -0.39 is 0 Å². The summed E-state index contributed by atoms with van der Waals surface area (Å²) in [6, 6.07) is 0.498. The molecule has 0 saturated carbocycles. The van der Waals surface area contributed by atoms with Crippen LogP contribution in [0.3, 0.4) is 0 Å². The van der Waals surface area contributed by atoms with Crippen LogP contribution in [0.1, 0.15) is 35.0 Å². The monoisotopic (exact) mass is 310 g/mol. The quantitative estimate of drug-likeness (QED) is 0.888. The van der Waals surface area contributed by atoms with Gasteiger partial charge in [-0.05, 0) is 13.8 Å². The molecule has 0 aliphatic heterocycles. The Morgan fingerprint density at radius 3 is 2.60 bits per heavy atom. The van der Waals surface area contributed by atoms with E-state index in [0.717, 1.165) is 29.6 Å². The van der Waals surface area contributed by atoms with E-state index in [1.54, 1.807) is 22.7 Å². The number of rotatable bonds is 6. The van der Waals surface area contributed by atoms with Crippen molar-refractivity contribution in [3.63, 3.8) is 0 Å². The van der Waals surface area contributed by atoms with Gasteiger partial charge in [0.1, 0.15) is 0 Å². The summed E-state index contributed by atoms with van der Waals surface area (Å²) in [5.74, 6) is 0. The third-order valence-corrected chi connectivity index (χ3v) is 5.30. The van der Waals surface area contributed by atoms with E-state index in [9.17, 15) is 0 Å². The molecular weight excluding hydrogens is 288 g/mol. The van der Waals surface area contributed by atoms with Gasteiger partial charge in [0.25, 0.3) is 0 Å². The van der Waals surface area contributed by atoms with Crippen LogP contribution < -0.4 is 10.2 Å². The third-order valence-electron chi connectivity index (χ3n) is 3.10. The fraction of sp³-hybridized carbons (Fsp3) is 0.571. The van der Waals surface area contributed by atoms with Crippen molar-refractivity contribution in [3.05, 3.63) is 26.7 Å². The Balaban J connectivity index is 2.05.